The normalized spacial score (nSPS) is 17.2. The van der Waals surface area contributed by atoms with Gasteiger partial charge >= 0.3 is 6.09 Å². The van der Waals surface area contributed by atoms with Crippen LogP contribution < -0.4 is 10.6 Å². The molecule has 0 unspecified atom stereocenters. The molecule has 0 radical (unpaired) electrons. The Bertz CT molecular complexity index is 522. The topological polar surface area (TPSA) is 70.6 Å². The summed E-state index contributed by atoms with van der Waals surface area (Å²) in [6.45, 7) is 6.33. The molecule has 6 heteroatoms. The summed E-state index contributed by atoms with van der Waals surface area (Å²) in [5.74, 6) is 0. The Morgan fingerprint density at radius 3 is 2.60 bits per heavy atom. The molecule has 1 heterocycles. The van der Waals surface area contributed by atoms with Crippen LogP contribution in [-0.2, 0) is 10.3 Å². The molecular formula is C14H19ClN2O3. The molecule has 110 valence electrons. The quantitative estimate of drug-likeness (QED) is 0.784. The van der Waals surface area contributed by atoms with Crippen LogP contribution >= 0.6 is 11.6 Å². The van der Waals surface area contributed by atoms with Crippen molar-refractivity contribution in [1.29, 1.82) is 0 Å². The van der Waals surface area contributed by atoms with Crippen molar-refractivity contribution in [3.8, 4) is 0 Å². The van der Waals surface area contributed by atoms with Crippen LogP contribution in [0.1, 0.15) is 26.3 Å². The maximum absolute atomic E-state index is 11.8. The summed E-state index contributed by atoms with van der Waals surface area (Å²) in [7, 11) is 0. The molecule has 0 spiro atoms. The lowest BCUT2D eigenvalue weighted by molar-refractivity contribution is -0.0146. The molecule has 0 saturated carbocycles. The van der Waals surface area contributed by atoms with Crippen molar-refractivity contribution >= 4 is 23.4 Å². The summed E-state index contributed by atoms with van der Waals surface area (Å²) >= 11 is 6.06. The number of ether oxygens (including phenoxy) is 1. The number of hydrogen-bond acceptors (Lipinski definition) is 4. The van der Waals surface area contributed by atoms with E-state index in [0.717, 1.165) is 0 Å². The fourth-order valence-electron chi connectivity index (χ4n) is 1.89. The molecule has 0 aliphatic carbocycles. The third kappa shape index (κ3) is 3.42. The number of hydrogen-bond donors (Lipinski definition) is 3. The van der Waals surface area contributed by atoms with Gasteiger partial charge in [-0.15, -0.1) is 0 Å². The first kappa shape index (κ1) is 15.1. The van der Waals surface area contributed by atoms with E-state index in [0.29, 0.717) is 29.4 Å². The summed E-state index contributed by atoms with van der Waals surface area (Å²) in [6, 6.07) is 5.08. The van der Waals surface area contributed by atoms with E-state index >= 15 is 0 Å². The van der Waals surface area contributed by atoms with Crippen molar-refractivity contribution in [3.05, 3.63) is 28.8 Å². The SMILES string of the molecule is CC(C)(C)OC(=O)Nc1cc(C2(O)CNC2)ccc1Cl. The highest BCUT2D eigenvalue weighted by atomic mass is 35.5. The van der Waals surface area contributed by atoms with Gasteiger partial charge in [0.2, 0.25) is 0 Å². The molecule has 1 aliphatic heterocycles. The van der Waals surface area contributed by atoms with Crippen LogP contribution in [0.4, 0.5) is 10.5 Å². The highest BCUT2D eigenvalue weighted by Gasteiger charge is 2.36. The number of carbonyl (C=O) groups is 1. The number of aliphatic hydroxyl groups is 1. The van der Waals surface area contributed by atoms with Gasteiger partial charge in [-0.05, 0) is 38.5 Å². The lowest BCUT2D eigenvalue weighted by Gasteiger charge is -2.38. The van der Waals surface area contributed by atoms with Crippen molar-refractivity contribution in [2.75, 3.05) is 18.4 Å². The number of rotatable bonds is 2. The maximum atomic E-state index is 11.8. The zero-order chi connectivity index (χ0) is 15.0. The van der Waals surface area contributed by atoms with Gasteiger partial charge in [0, 0.05) is 13.1 Å². The first-order valence-electron chi connectivity index (χ1n) is 6.43. The van der Waals surface area contributed by atoms with Gasteiger partial charge in [0.1, 0.15) is 11.2 Å². The largest absolute Gasteiger partial charge is 0.444 e. The molecule has 0 atom stereocenters. The minimum atomic E-state index is -0.894. The zero-order valence-electron chi connectivity index (χ0n) is 11.8. The fraction of sp³-hybridized carbons (Fsp3) is 0.500. The summed E-state index contributed by atoms with van der Waals surface area (Å²) in [5.41, 5.74) is -0.329. The van der Waals surface area contributed by atoms with Gasteiger partial charge in [-0.1, -0.05) is 17.7 Å². The van der Waals surface area contributed by atoms with Crippen LogP contribution in [0.25, 0.3) is 0 Å². The highest BCUT2D eigenvalue weighted by molar-refractivity contribution is 6.33. The van der Waals surface area contributed by atoms with E-state index in [2.05, 4.69) is 10.6 Å². The van der Waals surface area contributed by atoms with E-state index < -0.39 is 17.3 Å². The monoisotopic (exact) mass is 298 g/mol. The van der Waals surface area contributed by atoms with Gasteiger partial charge in [-0.25, -0.2) is 4.79 Å². The van der Waals surface area contributed by atoms with Gasteiger partial charge in [-0.2, -0.15) is 0 Å². The van der Waals surface area contributed by atoms with Crippen LogP contribution in [0, 0.1) is 0 Å². The predicted molar refractivity (Wildman–Crippen MR) is 78.1 cm³/mol. The summed E-state index contributed by atoms with van der Waals surface area (Å²) in [5, 5.41) is 16.3. The van der Waals surface area contributed by atoms with Gasteiger partial charge in [0.25, 0.3) is 0 Å². The highest BCUT2D eigenvalue weighted by Crippen LogP contribution is 2.31. The molecule has 5 nitrogen and oxygen atoms in total. The van der Waals surface area contributed by atoms with Crippen LogP contribution in [0.15, 0.2) is 18.2 Å². The number of amides is 1. The standard InChI is InChI=1S/C14H19ClN2O3/c1-13(2,3)20-12(18)17-11-6-9(4-5-10(11)15)14(19)7-16-8-14/h4-6,16,19H,7-8H2,1-3H3,(H,17,18). The van der Waals surface area contributed by atoms with Gasteiger partial charge in [0.15, 0.2) is 0 Å². The van der Waals surface area contributed by atoms with E-state index in [4.69, 9.17) is 16.3 Å². The molecule has 0 bridgehead atoms. The molecule has 3 N–H and O–H groups in total. The van der Waals surface area contributed by atoms with Gasteiger partial charge < -0.3 is 15.2 Å². The smallest absolute Gasteiger partial charge is 0.412 e. The third-order valence-electron chi connectivity index (χ3n) is 2.97. The lowest BCUT2D eigenvalue weighted by Crippen LogP contribution is -2.56. The molecule has 2 rings (SSSR count). The van der Waals surface area contributed by atoms with Gasteiger partial charge in [-0.3, -0.25) is 5.32 Å². The van der Waals surface area contributed by atoms with Crippen LogP contribution in [0.3, 0.4) is 0 Å². The number of benzene rings is 1. The molecule has 1 aliphatic rings. The van der Waals surface area contributed by atoms with Crippen LogP contribution in [0.5, 0.6) is 0 Å². The molecule has 1 saturated heterocycles. The van der Waals surface area contributed by atoms with Crippen molar-refractivity contribution in [3.63, 3.8) is 0 Å². The molecule has 1 aromatic rings. The Kier molecular flexibility index (Phi) is 3.95. The average Bonchev–Trinajstić information content (AvgIpc) is 2.26. The average molecular weight is 299 g/mol. The number of β-amino-alcohol motifs (C(OH)–C–C–N with tert-alkyl or cyclic N) is 1. The molecule has 1 aromatic carbocycles. The summed E-state index contributed by atoms with van der Waals surface area (Å²) in [4.78, 5) is 11.8. The predicted octanol–water partition coefficient (Wildman–Crippen LogP) is 2.48. The Morgan fingerprint density at radius 2 is 2.10 bits per heavy atom. The summed E-state index contributed by atoms with van der Waals surface area (Å²) < 4.78 is 5.18. The van der Waals surface area contributed by atoms with E-state index in [1.807, 2.05) is 0 Å². The van der Waals surface area contributed by atoms with E-state index in [1.54, 1.807) is 39.0 Å². The van der Waals surface area contributed by atoms with Crippen LogP contribution in [-0.4, -0.2) is 29.9 Å². The third-order valence-corrected chi connectivity index (χ3v) is 3.30. The summed E-state index contributed by atoms with van der Waals surface area (Å²) in [6.07, 6.45) is -0.574. The second-order valence-corrected chi connectivity index (χ2v) is 6.36. The molecular weight excluding hydrogens is 280 g/mol. The Hall–Kier alpha value is -1.30. The minimum absolute atomic E-state index is 0.399. The first-order chi connectivity index (χ1) is 9.20. The van der Waals surface area contributed by atoms with Crippen molar-refractivity contribution in [2.24, 2.45) is 0 Å². The van der Waals surface area contributed by atoms with Crippen LogP contribution in [0.2, 0.25) is 5.02 Å². The Labute approximate surface area is 123 Å². The second-order valence-electron chi connectivity index (χ2n) is 5.96. The fourth-order valence-corrected chi connectivity index (χ4v) is 2.05. The number of anilines is 1. The van der Waals surface area contributed by atoms with E-state index in [1.165, 1.54) is 0 Å². The zero-order valence-corrected chi connectivity index (χ0v) is 12.5. The lowest BCUT2D eigenvalue weighted by atomic mass is 9.88. The number of halogens is 1. The molecule has 20 heavy (non-hydrogen) atoms. The van der Waals surface area contributed by atoms with Crippen molar-refractivity contribution in [1.82, 2.24) is 5.32 Å². The Balaban J connectivity index is 2.15. The molecule has 1 amide bonds. The van der Waals surface area contributed by atoms with E-state index in [9.17, 15) is 9.90 Å². The minimum Gasteiger partial charge on any atom is -0.444 e. The Morgan fingerprint density at radius 1 is 1.45 bits per heavy atom. The van der Waals surface area contributed by atoms with E-state index in [-0.39, 0.29) is 0 Å². The van der Waals surface area contributed by atoms with Crippen molar-refractivity contribution < 1.29 is 14.6 Å². The van der Waals surface area contributed by atoms with Crippen molar-refractivity contribution in [2.45, 2.75) is 32.0 Å². The molecule has 1 fully saturated rings. The number of carbonyl (C=O) groups excluding carboxylic acids is 1. The second kappa shape index (κ2) is 5.24. The first-order valence-corrected chi connectivity index (χ1v) is 6.81. The van der Waals surface area contributed by atoms with Gasteiger partial charge in [0.05, 0.1) is 10.7 Å². The molecule has 0 aromatic heterocycles. The maximum Gasteiger partial charge on any atom is 0.412 e. The number of nitrogens with one attached hydrogen (secondary N) is 2.